The molecule has 0 aliphatic carbocycles. The molecule has 1 N–H and O–H groups in total. The van der Waals surface area contributed by atoms with Crippen LogP contribution in [0.5, 0.6) is 0 Å². The zero-order chi connectivity index (χ0) is 14.3. The van der Waals surface area contributed by atoms with E-state index in [9.17, 15) is 0 Å². The quantitative estimate of drug-likeness (QED) is 0.863. The number of aromatic nitrogens is 2. The smallest absolute Gasteiger partial charge is 0.0594 e. The molecular formula is C16H28N4O. The molecule has 2 aliphatic rings. The van der Waals surface area contributed by atoms with Gasteiger partial charge in [0.1, 0.15) is 0 Å². The van der Waals surface area contributed by atoms with Gasteiger partial charge in [0, 0.05) is 31.9 Å². The fraction of sp³-hybridized carbons (Fsp3) is 0.812. The van der Waals surface area contributed by atoms with Gasteiger partial charge in [-0.1, -0.05) is 6.42 Å². The minimum atomic E-state index is 0.751. The van der Waals surface area contributed by atoms with Gasteiger partial charge in [0.2, 0.25) is 0 Å². The molecule has 0 radical (unpaired) electrons. The van der Waals surface area contributed by atoms with Crippen molar-refractivity contribution in [2.24, 2.45) is 0 Å². The van der Waals surface area contributed by atoms with Crippen LogP contribution in [0.3, 0.4) is 0 Å². The Balaban J connectivity index is 1.44. The van der Waals surface area contributed by atoms with E-state index in [1.54, 1.807) is 0 Å². The average Bonchev–Trinajstić information content (AvgIpc) is 3.03. The number of H-pyrrole nitrogens is 1. The Labute approximate surface area is 127 Å². The molecule has 5 heteroatoms. The van der Waals surface area contributed by atoms with Gasteiger partial charge in [0.15, 0.2) is 0 Å². The number of piperidine rings is 1. The molecule has 5 nitrogen and oxygen atoms in total. The highest BCUT2D eigenvalue weighted by atomic mass is 16.5. The lowest BCUT2D eigenvalue weighted by atomic mass is 10.0. The van der Waals surface area contributed by atoms with Crippen molar-refractivity contribution in [2.45, 2.75) is 38.1 Å². The number of ether oxygens (including phenoxy) is 1. The molecule has 2 saturated heterocycles. The standard InChI is InChI=1S/C16H28N4O/c1-2-6-20(7-3-4-15-12-17-18-13-15)16(5-1)14-19-8-10-21-11-9-19/h12-13,16H,1-11,14H2,(H,17,18)/t16-/m1/s1. The molecule has 1 aromatic heterocycles. The van der Waals surface area contributed by atoms with E-state index in [1.165, 1.54) is 50.9 Å². The number of nitrogens with zero attached hydrogens (tertiary/aromatic N) is 3. The second kappa shape index (κ2) is 7.92. The van der Waals surface area contributed by atoms with E-state index < -0.39 is 0 Å². The number of aryl methyl sites for hydroxylation is 1. The number of nitrogens with one attached hydrogen (secondary N) is 1. The number of hydrogen-bond donors (Lipinski definition) is 1. The lowest BCUT2D eigenvalue weighted by Crippen LogP contribution is -2.49. The monoisotopic (exact) mass is 292 g/mol. The zero-order valence-corrected chi connectivity index (χ0v) is 13.0. The van der Waals surface area contributed by atoms with E-state index in [2.05, 4.69) is 20.0 Å². The third-order valence-electron chi connectivity index (χ3n) is 4.79. The Morgan fingerprint density at radius 3 is 2.95 bits per heavy atom. The Morgan fingerprint density at radius 1 is 1.24 bits per heavy atom. The van der Waals surface area contributed by atoms with Gasteiger partial charge in [0.05, 0.1) is 19.4 Å². The van der Waals surface area contributed by atoms with E-state index in [1.807, 2.05) is 12.4 Å². The SMILES string of the molecule is c1n[nH]cc1CCCN1CCCC[C@@H]1CN1CCOCC1. The van der Waals surface area contributed by atoms with Gasteiger partial charge >= 0.3 is 0 Å². The highest BCUT2D eigenvalue weighted by Gasteiger charge is 2.24. The van der Waals surface area contributed by atoms with Gasteiger partial charge in [-0.25, -0.2) is 0 Å². The van der Waals surface area contributed by atoms with Crippen molar-refractivity contribution in [1.29, 1.82) is 0 Å². The molecule has 3 rings (SSSR count). The summed E-state index contributed by atoms with van der Waals surface area (Å²) < 4.78 is 5.46. The van der Waals surface area contributed by atoms with E-state index in [-0.39, 0.29) is 0 Å². The molecule has 2 aliphatic heterocycles. The summed E-state index contributed by atoms with van der Waals surface area (Å²) in [6.45, 7) is 7.77. The summed E-state index contributed by atoms with van der Waals surface area (Å²) in [5.74, 6) is 0. The van der Waals surface area contributed by atoms with Crippen molar-refractivity contribution >= 4 is 0 Å². The van der Waals surface area contributed by atoms with Gasteiger partial charge in [-0.15, -0.1) is 0 Å². The Bertz CT molecular complexity index is 389. The van der Waals surface area contributed by atoms with Crippen LogP contribution in [0.2, 0.25) is 0 Å². The van der Waals surface area contributed by atoms with Crippen molar-refractivity contribution < 1.29 is 4.74 Å². The minimum absolute atomic E-state index is 0.751. The van der Waals surface area contributed by atoms with Crippen LogP contribution < -0.4 is 0 Å². The largest absolute Gasteiger partial charge is 0.379 e. The molecular weight excluding hydrogens is 264 g/mol. The molecule has 21 heavy (non-hydrogen) atoms. The van der Waals surface area contributed by atoms with Crippen LogP contribution in [0.15, 0.2) is 12.4 Å². The predicted molar refractivity (Wildman–Crippen MR) is 83.4 cm³/mol. The first kappa shape index (κ1) is 15.0. The van der Waals surface area contributed by atoms with E-state index in [0.717, 1.165) is 38.8 Å². The van der Waals surface area contributed by atoms with Gasteiger partial charge in [-0.3, -0.25) is 14.9 Å². The average molecular weight is 292 g/mol. The Kier molecular flexibility index (Phi) is 5.66. The Hall–Kier alpha value is -0.910. The van der Waals surface area contributed by atoms with Crippen molar-refractivity contribution in [3.8, 4) is 0 Å². The van der Waals surface area contributed by atoms with Gasteiger partial charge in [-0.05, 0) is 44.3 Å². The highest BCUT2D eigenvalue weighted by Crippen LogP contribution is 2.19. The molecule has 1 aromatic rings. The molecule has 0 saturated carbocycles. The summed E-state index contributed by atoms with van der Waals surface area (Å²) in [5.41, 5.74) is 1.33. The molecule has 0 spiro atoms. The van der Waals surface area contributed by atoms with Crippen LogP contribution >= 0.6 is 0 Å². The molecule has 3 heterocycles. The van der Waals surface area contributed by atoms with E-state index in [4.69, 9.17) is 4.74 Å². The number of hydrogen-bond acceptors (Lipinski definition) is 4. The summed E-state index contributed by atoms with van der Waals surface area (Å²) in [6, 6.07) is 0.751. The van der Waals surface area contributed by atoms with Gasteiger partial charge < -0.3 is 4.74 Å². The number of morpholine rings is 1. The second-order valence-electron chi connectivity index (χ2n) is 6.31. The molecule has 2 fully saturated rings. The van der Waals surface area contributed by atoms with Crippen LogP contribution in [0.4, 0.5) is 0 Å². The summed E-state index contributed by atoms with van der Waals surface area (Å²) in [5, 5.41) is 6.92. The number of rotatable bonds is 6. The maximum Gasteiger partial charge on any atom is 0.0594 e. The van der Waals surface area contributed by atoms with Crippen molar-refractivity contribution in [1.82, 2.24) is 20.0 Å². The van der Waals surface area contributed by atoms with Crippen LogP contribution in [0.1, 0.15) is 31.2 Å². The fourth-order valence-corrected chi connectivity index (χ4v) is 3.54. The number of aromatic amines is 1. The third kappa shape index (κ3) is 4.53. The summed E-state index contributed by atoms with van der Waals surface area (Å²) in [4.78, 5) is 5.31. The minimum Gasteiger partial charge on any atom is -0.379 e. The molecule has 0 aromatic carbocycles. The van der Waals surface area contributed by atoms with Gasteiger partial charge in [-0.2, -0.15) is 5.10 Å². The van der Waals surface area contributed by atoms with E-state index in [0.29, 0.717) is 0 Å². The molecule has 0 bridgehead atoms. The first-order chi connectivity index (χ1) is 10.4. The van der Waals surface area contributed by atoms with Crippen molar-refractivity contribution in [3.05, 3.63) is 18.0 Å². The predicted octanol–water partition coefficient (Wildman–Crippen LogP) is 1.53. The second-order valence-corrected chi connectivity index (χ2v) is 6.31. The van der Waals surface area contributed by atoms with Gasteiger partial charge in [0.25, 0.3) is 0 Å². The molecule has 118 valence electrons. The molecule has 1 atom stereocenters. The molecule has 0 amide bonds. The van der Waals surface area contributed by atoms with Crippen molar-refractivity contribution in [2.75, 3.05) is 45.9 Å². The first-order valence-corrected chi connectivity index (χ1v) is 8.43. The Morgan fingerprint density at radius 2 is 2.14 bits per heavy atom. The topological polar surface area (TPSA) is 44.4 Å². The van der Waals surface area contributed by atoms with Crippen molar-refractivity contribution in [3.63, 3.8) is 0 Å². The summed E-state index contributed by atoms with van der Waals surface area (Å²) in [7, 11) is 0. The maximum atomic E-state index is 5.46. The summed E-state index contributed by atoms with van der Waals surface area (Å²) >= 11 is 0. The lowest BCUT2D eigenvalue weighted by Gasteiger charge is -2.39. The fourth-order valence-electron chi connectivity index (χ4n) is 3.54. The third-order valence-corrected chi connectivity index (χ3v) is 4.79. The molecule has 0 unspecified atom stereocenters. The summed E-state index contributed by atoms with van der Waals surface area (Å²) in [6.07, 6.45) is 10.5. The van der Waals surface area contributed by atoms with Crippen LogP contribution in [0.25, 0.3) is 0 Å². The van der Waals surface area contributed by atoms with Crippen LogP contribution in [0, 0.1) is 0 Å². The lowest BCUT2D eigenvalue weighted by molar-refractivity contribution is 0.0166. The highest BCUT2D eigenvalue weighted by molar-refractivity contribution is 5.02. The van der Waals surface area contributed by atoms with Crippen LogP contribution in [-0.4, -0.2) is 72.0 Å². The normalized spacial score (nSPS) is 25.2. The first-order valence-electron chi connectivity index (χ1n) is 8.43. The van der Waals surface area contributed by atoms with E-state index >= 15 is 0 Å². The number of likely N-dealkylation sites (tertiary alicyclic amines) is 1. The van der Waals surface area contributed by atoms with Crippen LogP contribution in [-0.2, 0) is 11.2 Å². The maximum absolute atomic E-state index is 5.46. The zero-order valence-electron chi connectivity index (χ0n) is 13.0.